The van der Waals surface area contributed by atoms with Gasteiger partial charge >= 0.3 is 0 Å². The maximum Gasteiger partial charge on any atom is 0.0673 e. The largest absolute Gasteiger partial charge is 0.392 e. The third-order valence-corrected chi connectivity index (χ3v) is 4.73. The number of fused-ring (bicyclic) bond motifs is 2. The minimum atomic E-state index is -0.264. The van der Waals surface area contributed by atoms with Crippen molar-refractivity contribution in [2.75, 3.05) is 6.54 Å². The Morgan fingerprint density at radius 2 is 2.18 bits per heavy atom. The molecular weight excluding hydrogens is 214 g/mol. The fourth-order valence-electron chi connectivity index (χ4n) is 3.59. The van der Waals surface area contributed by atoms with Gasteiger partial charge in [0.2, 0.25) is 0 Å². The van der Waals surface area contributed by atoms with Gasteiger partial charge in [0.1, 0.15) is 0 Å². The van der Waals surface area contributed by atoms with Gasteiger partial charge in [-0.1, -0.05) is 32.6 Å². The van der Waals surface area contributed by atoms with Crippen molar-refractivity contribution in [2.24, 2.45) is 11.1 Å². The third-order valence-electron chi connectivity index (χ3n) is 4.73. The molecule has 3 heteroatoms. The quantitative estimate of drug-likeness (QED) is 0.672. The lowest BCUT2D eigenvalue weighted by molar-refractivity contribution is -0.0294. The van der Waals surface area contributed by atoms with Gasteiger partial charge in [-0.2, -0.15) is 0 Å². The van der Waals surface area contributed by atoms with Gasteiger partial charge in [-0.15, -0.1) is 0 Å². The highest BCUT2D eigenvalue weighted by molar-refractivity contribution is 5.04. The van der Waals surface area contributed by atoms with E-state index < -0.39 is 0 Å². The predicted octanol–water partition coefficient (Wildman–Crippen LogP) is 2.21. The molecule has 100 valence electrons. The molecule has 2 heterocycles. The van der Waals surface area contributed by atoms with Crippen LogP contribution in [0.25, 0.3) is 0 Å². The Kier molecular flexibility index (Phi) is 4.45. The van der Waals surface area contributed by atoms with Crippen LogP contribution >= 0.6 is 0 Å². The second kappa shape index (κ2) is 5.68. The van der Waals surface area contributed by atoms with Crippen LogP contribution in [-0.2, 0) is 4.74 Å². The average Bonchev–Trinajstić information content (AvgIpc) is 2.94. The van der Waals surface area contributed by atoms with Crippen LogP contribution in [0.3, 0.4) is 0 Å². The topological polar surface area (TPSA) is 55.5 Å². The molecule has 4 atom stereocenters. The van der Waals surface area contributed by atoms with E-state index in [9.17, 15) is 5.11 Å². The first-order valence-corrected chi connectivity index (χ1v) is 7.26. The summed E-state index contributed by atoms with van der Waals surface area (Å²) in [5, 5.41) is 10.5. The van der Waals surface area contributed by atoms with Gasteiger partial charge in [0.05, 0.1) is 18.3 Å². The molecule has 2 aliphatic rings. The Balaban J connectivity index is 1.85. The molecule has 0 aromatic rings. The monoisotopic (exact) mass is 241 g/mol. The Labute approximate surface area is 105 Å². The molecule has 2 rings (SSSR count). The van der Waals surface area contributed by atoms with Crippen LogP contribution in [0.5, 0.6) is 0 Å². The standard InChI is InChI=1S/C14H27NO2/c1-2-3-4-5-6-12(16)14(10-15)9-11-7-8-13(14)17-11/h11-13,16H,2-10,15H2,1H3. The fourth-order valence-corrected chi connectivity index (χ4v) is 3.59. The molecule has 0 aromatic heterocycles. The summed E-state index contributed by atoms with van der Waals surface area (Å²) in [6, 6.07) is 0. The van der Waals surface area contributed by atoms with Gasteiger partial charge < -0.3 is 15.6 Å². The molecule has 2 bridgehead atoms. The second-order valence-corrected chi connectivity index (χ2v) is 5.83. The minimum absolute atomic E-state index is 0.130. The summed E-state index contributed by atoms with van der Waals surface area (Å²) >= 11 is 0. The van der Waals surface area contributed by atoms with Crippen LogP contribution in [0.2, 0.25) is 0 Å². The first-order chi connectivity index (χ1) is 8.23. The SMILES string of the molecule is CCCCCCC(O)C1(CN)CC2CCC1O2. The van der Waals surface area contributed by atoms with Crippen LogP contribution in [-0.4, -0.2) is 30.0 Å². The summed E-state index contributed by atoms with van der Waals surface area (Å²) in [7, 11) is 0. The van der Waals surface area contributed by atoms with Gasteiger partial charge in [-0.05, 0) is 25.7 Å². The normalized spacial score (nSPS) is 37.6. The first kappa shape index (κ1) is 13.3. The summed E-state index contributed by atoms with van der Waals surface area (Å²) in [5.41, 5.74) is 5.82. The number of aliphatic hydroxyl groups is 1. The molecule has 0 saturated carbocycles. The molecule has 2 aliphatic heterocycles. The van der Waals surface area contributed by atoms with Crippen molar-refractivity contribution in [3.05, 3.63) is 0 Å². The van der Waals surface area contributed by atoms with E-state index in [2.05, 4.69) is 6.92 Å². The Bertz CT molecular complexity index is 246. The van der Waals surface area contributed by atoms with Crippen molar-refractivity contribution in [2.45, 2.75) is 76.6 Å². The van der Waals surface area contributed by atoms with Crippen molar-refractivity contribution in [3.63, 3.8) is 0 Å². The van der Waals surface area contributed by atoms with Crippen molar-refractivity contribution in [1.82, 2.24) is 0 Å². The van der Waals surface area contributed by atoms with E-state index in [1.54, 1.807) is 0 Å². The number of ether oxygens (including phenoxy) is 1. The molecule has 2 fully saturated rings. The highest BCUT2D eigenvalue weighted by Gasteiger charge is 2.54. The molecule has 2 saturated heterocycles. The number of aliphatic hydroxyl groups excluding tert-OH is 1. The molecular formula is C14H27NO2. The lowest BCUT2D eigenvalue weighted by Gasteiger charge is -2.38. The van der Waals surface area contributed by atoms with E-state index in [0.717, 1.165) is 32.1 Å². The van der Waals surface area contributed by atoms with Crippen molar-refractivity contribution in [1.29, 1.82) is 0 Å². The number of rotatable bonds is 7. The second-order valence-electron chi connectivity index (χ2n) is 5.83. The van der Waals surface area contributed by atoms with Crippen molar-refractivity contribution >= 4 is 0 Å². The zero-order chi connectivity index (χ0) is 12.3. The van der Waals surface area contributed by atoms with E-state index in [4.69, 9.17) is 10.5 Å². The van der Waals surface area contributed by atoms with E-state index in [0.29, 0.717) is 12.6 Å². The number of nitrogens with two attached hydrogens (primary N) is 1. The minimum Gasteiger partial charge on any atom is -0.392 e. The zero-order valence-electron chi connectivity index (χ0n) is 11.0. The number of hydrogen-bond acceptors (Lipinski definition) is 3. The molecule has 0 amide bonds. The van der Waals surface area contributed by atoms with E-state index in [1.165, 1.54) is 19.3 Å². The lowest BCUT2D eigenvalue weighted by Crippen LogP contribution is -2.48. The summed E-state index contributed by atoms with van der Waals surface area (Å²) in [6.45, 7) is 2.78. The lowest BCUT2D eigenvalue weighted by atomic mass is 9.69. The summed E-state index contributed by atoms with van der Waals surface area (Å²) in [5.74, 6) is 0. The van der Waals surface area contributed by atoms with Crippen LogP contribution in [0, 0.1) is 5.41 Å². The molecule has 0 spiro atoms. The van der Waals surface area contributed by atoms with E-state index >= 15 is 0 Å². The smallest absolute Gasteiger partial charge is 0.0673 e. The van der Waals surface area contributed by atoms with Crippen LogP contribution in [0.15, 0.2) is 0 Å². The van der Waals surface area contributed by atoms with Gasteiger partial charge in [-0.25, -0.2) is 0 Å². The Morgan fingerprint density at radius 3 is 2.71 bits per heavy atom. The molecule has 4 unspecified atom stereocenters. The van der Waals surface area contributed by atoms with Crippen molar-refractivity contribution < 1.29 is 9.84 Å². The first-order valence-electron chi connectivity index (χ1n) is 7.26. The average molecular weight is 241 g/mol. The van der Waals surface area contributed by atoms with Gasteiger partial charge in [-0.3, -0.25) is 0 Å². The van der Waals surface area contributed by atoms with Crippen LogP contribution in [0.1, 0.15) is 58.3 Å². The Hall–Kier alpha value is -0.120. The maximum atomic E-state index is 10.5. The van der Waals surface area contributed by atoms with Crippen LogP contribution < -0.4 is 5.73 Å². The molecule has 17 heavy (non-hydrogen) atoms. The van der Waals surface area contributed by atoms with Gasteiger partial charge in [0, 0.05) is 12.0 Å². The van der Waals surface area contributed by atoms with E-state index in [1.807, 2.05) is 0 Å². The van der Waals surface area contributed by atoms with Gasteiger partial charge in [0.15, 0.2) is 0 Å². The van der Waals surface area contributed by atoms with Crippen molar-refractivity contribution in [3.8, 4) is 0 Å². The molecule has 0 aliphatic carbocycles. The third kappa shape index (κ3) is 2.51. The highest BCUT2D eigenvalue weighted by Crippen LogP contribution is 2.50. The summed E-state index contributed by atoms with van der Waals surface area (Å²) < 4.78 is 5.89. The van der Waals surface area contributed by atoms with Gasteiger partial charge in [0.25, 0.3) is 0 Å². The van der Waals surface area contributed by atoms with Crippen LogP contribution in [0.4, 0.5) is 0 Å². The summed E-state index contributed by atoms with van der Waals surface area (Å²) in [6.07, 6.45) is 9.30. The molecule has 3 N–H and O–H groups in total. The van der Waals surface area contributed by atoms with E-state index in [-0.39, 0.29) is 17.6 Å². The number of hydrogen-bond donors (Lipinski definition) is 2. The predicted molar refractivity (Wildman–Crippen MR) is 68.8 cm³/mol. The highest BCUT2D eigenvalue weighted by atomic mass is 16.5. The molecule has 0 radical (unpaired) electrons. The maximum absolute atomic E-state index is 10.5. The Morgan fingerprint density at radius 1 is 1.35 bits per heavy atom. The number of unbranched alkanes of at least 4 members (excludes halogenated alkanes) is 3. The fraction of sp³-hybridized carbons (Fsp3) is 1.00. The zero-order valence-corrected chi connectivity index (χ0v) is 11.0. The molecule has 3 nitrogen and oxygen atoms in total. The summed E-state index contributed by atoms with van der Waals surface area (Å²) in [4.78, 5) is 0. The molecule has 0 aromatic carbocycles.